The van der Waals surface area contributed by atoms with Gasteiger partial charge in [0.15, 0.2) is 0 Å². The van der Waals surface area contributed by atoms with Crippen molar-refractivity contribution in [2.75, 3.05) is 11.4 Å². The lowest BCUT2D eigenvalue weighted by Gasteiger charge is -2.26. The number of anilines is 1. The molecule has 2 aromatic heterocycles. The summed E-state index contributed by atoms with van der Waals surface area (Å²) in [5.74, 6) is 0.152. The molecule has 0 saturated carbocycles. The standard InChI is InChI=1S/C16H20N4O2/c1-4-19-9-13(10(2)3)12-7-11(8-17-15(12)19)20-6-5-14(21)18-16(20)22/h7-10H,4-6H2,1-3H3,(H,18,21,22). The highest BCUT2D eigenvalue weighted by Gasteiger charge is 2.25. The van der Waals surface area contributed by atoms with Crippen LogP contribution in [0.2, 0.25) is 0 Å². The second-order valence-electron chi connectivity index (χ2n) is 5.84. The number of urea groups is 1. The van der Waals surface area contributed by atoms with Gasteiger partial charge in [0.2, 0.25) is 5.91 Å². The molecule has 116 valence electrons. The van der Waals surface area contributed by atoms with E-state index < -0.39 is 0 Å². The summed E-state index contributed by atoms with van der Waals surface area (Å²) in [6.07, 6.45) is 4.15. The minimum Gasteiger partial charge on any atom is -0.332 e. The normalized spacial score (nSPS) is 15.7. The number of fused-ring (bicyclic) bond motifs is 1. The van der Waals surface area contributed by atoms with E-state index in [0.717, 1.165) is 23.3 Å². The number of amides is 3. The van der Waals surface area contributed by atoms with Crippen LogP contribution in [0.3, 0.4) is 0 Å². The summed E-state index contributed by atoms with van der Waals surface area (Å²) in [6.45, 7) is 7.63. The van der Waals surface area contributed by atoms with Crippen LogP contribution in [0.15, 0.2) is 18.5 Å². The smallest absolute Gasteiger partial charge is 0.328 e. The van der Waals surface area contributed by atoms with Gasteiger partial charge in [0.25, 0.3) is 0 Å². The van der Waals surface area contributed by atoms with Crippen molar-refractivity contribution in [3.05, 3.63) is 24.0 Å². The molecule has 22 heavy (non-hydrogen) atoms. The fourth-order valence-electron chi connectivity index (χ4n) is 2.85. The minimum atomic E-state index is -0.376. The lowest BCUT2D eigenvalue weighted by Crippen LogP contribution is -2.49. The van der Waals surface area contributed by atoms with Gasteiger partial charge in [-0.05, 0) is 24.5 Å². The third kappa shape index (κ3) is 2.34. The van der Waals surface area contributed by atoms with Crippen molar-refractivity contribution in [2.45, 2.75) is 39.7 Å². The van der Waals surface area contributed by atoms with Crippen LogP contribution < -0.4 is 10.2 Å². The van der Waals surface area contributed by atoms with Gasteiger partial charge in [-0.25, -0.2) is 9.78 Å². The van der Waals surface area contributed by atoms with Crippen LogP contribution in [0.5, 0.6) is 0 Å². The van der Waals surface area contributed by atoms with Crippen molar-refractivity contribution in [3.8, 4) is 0 Å². The number of nitrogens with one attached hydrogen (secondary N) is 1. The highest BCUT2D eigenvalue weighted by atomic mass is 16.2. The molecule has 3 rings (SSSR count). The van der Waals surface area contributed by atoms with E-state index in [2.05, 4.69) is 41.8 Å². The topological polar surface area (TPSA) is 67.2 Å². The molecular weight excluding hydrogens is 280 g/mol. The Kier molecular flexibility index (Phi) is 3.60. The number of carbonyl (C=O) groups excluding carboxylic acids is 2. The molecule has 1 N–H and O–H groups in total. The summed E-state index contributed by atoms with van der Waals surface area (Å²) in [5.41, 5.74) is 2.89. The first-order chi connectivity index (χ1) is 10.5. The highest BCUT2D eigenvalue weighted by molar-refractivity contribution is 6.06. The van der Waals surface area contributed by atoms with Gasteiger partial charge in [0.1, 0.15) is 5.65 Å². The molecule has 0 atom stereocenters. The van der Waals surface area contributed by atoms with E-state index in [4.69, 9.17) is 0 Å². The average molecular weight is 300 g/mol. The maximum Gasteiger partial charge on any atom is 0.328 e. The molecule has 0 aromatic carbocycles. The van der Waals surface area contributed by atoms with Gasteiger partial charge < -0.3 is 4.57 Å². The lowest BCUT2D eigenvalue weighted by molar-refractivity contribution is -0.120. The second-order valence-corrected chi connectivity index (χ2v) is 5.84. The van der Waals surface area contributed by atoms with Crippen molar-refractivity contribution < 1.29 is 9.59 Å². The predicted molar refractivity (Wildman–Crippen MR) is 85.0 cm³/mol. The Bertz CT molecular complexity index is 748. The number of hydrogen-bond donors (Lipinski definition) is 1. The zero-order valence-electron chi connectivity index (χ0n) is 13.1. The van der Waals surface area contributed by atoms with Gasteiger partial charge in [-0.3, -0.25) is 15.0 Å². The Morgan fingerprint density at radius 1 is 1.36 bits per heavy atom. The van der Waals surface area contributed by atoms with E-state index in [1.807, 2.05) is 6.07 Å². The van der Waals surface area contributed by atoms with Crippen LogP contribution in [0.4, 0.5) is 10.5 Å². The number of imide groups is 1. The van der Waals surface area contributed by atoms with E-state index in [1.54, 1.807) is 11.1 Å². The Morgan fingerprint density at radius 3 is 2.77 bits per heavy atom. The third-order valence-electron chi connectivity index (χ3n) is 4.06. The number of aromatic nitrogens is 2. The fourth-order valence-corrected chi connectivity index (χ4v) is 2.85. The Balaban J connectivity index is 2.07. The lowest BCUT2D eigenvalue weighted by atomic mass is 10.0. The first kappa shape index (κ1) is 14.6. The molecule has 1 aliphatic rings. The van der Waals surface area contributed by atoms with Gasteiger partial charge in [-0.2, -0.15) is 0 Å². The highest BCUT2D eigenvalue weighted by Crippen LogP contribution is 2.30. The van der Waals surface area contributed by atoms with Crippen molar-refractivity contribution >= 4 is 28.7 Å². The monoisotopic (exact) mass is 300 g/mol. The summed E-state index contributed by atoms with van der Waals surface area (Å²) >= 11 is 0. The largest absolute Gasteiger partial charge is 0.332 e. The molecule has 3 heterocycles. The molecule has 2 aromatic rings. The van der Waals surface area contributed by atoms with Crippen LogP contribution in [0.25, 0.3) is 11.0 Å². The van der Waals surface area contributed by atoms with E-state index in [1.165, 1.54) is 5.56 Å². The van der Waals surface area contributed by atoms with Gasteiger partial charge in [0.05, 0.1) is 11.9 Å². The maximum atomic E-state index is 12.0. The van der Waals surface area contributed by atoms with E-state index in [9.17, 15) is 9.59 Å². The Hall–Kier alpha value is -2.37. The fraction of sp³-hybridized carbons (Fsp3) is 0.438. The van der Waals surface area contributed by atoms with Crippen LogP contribution in [0.1, 0.15) is 38.7 Å². The molecule has 1 fully saturated rings. The molecule has 0 unspecified atom stereocenters. The molecule has 1 aliphatic heterocycles. The summed E-state index contributed by atoms with van der Waals surface area (Å²) in [4.78, 5) is 29.4. The molecule has 0 aliphatic carbocycles. The molecule has 0 bridgehead atoms. The minimum absolute atomic E-state index is 0.227. The molecule has 0 radical (unpaired) electrons. The summed E-state index contributed by atoms with van der Waals surface area (Å²) in [7, 11) is 0. The number of carbonyl (C=O) groups is 2. The molecule has 1 saturated heterocycles. The Labute approximate surface area is 129 Å². The van der Waals surface area contributed by atoms with E-state index >= 15 is 0 Å². The summed E-state index contributed by atoms with van der Waals surface area (Å²) in [6, 6.07) is 1.62. The summed E-state index contributed by atoms with van der Waals surface area (Å²) < 4.78 is 2.12. The molecular formula is C16H20N4O2. The SMILES string of the molecule is CCn1cc(C(C)C)c2cc(N3CCC(=O)NC3=O)cnc21. The zero-order chi connectivity index (χ0) is 15.9. The maximum absolute atomic E-state index is 12.0. The van der Waals surface area contributed by atoms with Crippen LogP contribution >= 0.6 is 0 Å². The number of pyridine rings is 1. The number of hydrogen-bond acceptors (Lipinski definition) is 3. The van der Waals surface area contributed by atoms with Gasteiger partial charge >= 0.3 is 6.03 Å². The molecule has 3 amide bonds. The van der Waals surface area contributed by atoms with Gasteiger partial charge in [-0.15, -0.1) is 0 Å². The van der Waals surface area contributed by atoms with E-state index in [-0.39, 0.29) is 11.9 Å². The number of aryl methyl sites for hydroxylation is 1. The predicted octanol–water partition coefficient (Wildman–Crippen LogP) is 2.63. The average Bonchev–Trinajstić information content (AvgIpc) is 2.85. The molecule has 6 heteroatoms. The quantitative estimate of drug-likeness (QED) is 0.947. The van der Waals surface area contributed by atoms with Crippen molar-refractivity contribution in [1.29, 1.82) is 0 Å². The second kappa shape index (κ2) is 5.44. The van der Waals surface area contributed by atoms with E-state index in [0.29, 0.717) is 18.9 Å². The van der Waals surface area contributed by atoms with Crippen LogP contribution in [-0.2, 0) is 11.3 Å². The zero-order valence-corrected chi connectivity index (χ0v) is 13.1. The number of nitrogens with zero attached hydrogens (tertiary/aromatic N) is 3. The van der Waals surface area contributed by atoms with Crippen molar-refractivity contribution in [2.24, 2.45) is 0 Å². The molecule has 0 spiro atoms. The number of rotatable bonds is 3. The Morgan fingerprint density at radius 2 is 2.14 bits per heavy atom. The van der Waals surface area contributed by atoms with Crippen LogP contribution in [-0.4, -0.2) is 28.0 Å². The van der Waals surface area contributed by atoms with Crippen molar-refractivity contribution in [3.63, 3.8) is 0 Å². The molecule has 6 nitrogen and oxygen atoms in total. The first-order valence-corrected chi connectivity index (χ1v) is 7.61. The summed E-state index contributed by atoms with van der Waals surface area (Å²) in [5, 5.41) is 3.41. The van der Waals surface area contributed by atoms with Gasteiger partial charge in [-0.1, -0.05) is 13.8 Å². The third-order valence-corrected chi connectivity index (χ3v) is 4.06. The first-order valence-electron chi connectivity index (χ1n) is 7.61. The van der Waals surface area contributed by atoms with Gasteiger partial charge in [0, 0.05) is 31.1 Å². The van der Waals surface area contributed by atoms with Crippen LogP contribution in [0, 0.1) is 0 Å². The van der Waals surface area contributed by atoms with Crippen molar-refractivity contribution in [1.82, 2.24) is 14.9 Å².